The molecule has 5 heteroatoms. The smallest absolute Gasteiger partial charge is 0.227 e. The van der Waals surface area contributed by atoms with Crippen LogP contribution in [0.3, 0.4) is 0 Å². The Morgan fingerprint density at radius 1 is 1.47 bits per heavy atom. The van der Waals surface area contributed by atoms with Gasteiger partial charge in [-0.15, -0.1) is 12.4 Å². The van der Waals surface area contributed by atoms with Crippen LogP contribution < -0.4 is 5.32 Å². The van der Waals surface area contributed by atoms with Crippen LogP contribution in [0.2, 0.25) is 0 Å². The minimum atomic E-state index is 0. The highest BCUT2D eigenvalue weighted by Crippen LogP contribution is 2.23. The van der Waals surface area contributed by atoms with E-state index in [0.29, 0.717) is 11.9 Å². The van der Waals surface area contributed by atoms with E-state index in [2.05, 4.69) is 5.32 Å². The molecule has 15 heavy (non-hydrogen) atoms. The fourth-order valence-corrected chi connectivity index (χ4v) is 3.43. The first-order chi connectivity index (χ1) is 6.79. The highest BCUT2D eigenvalue weighted by molar-refractivity contribution is 7.99. The summed E-state index contributed by atoms with van der Waals surface area (Å²) in [5, 5.41) is 3.25. The Labute approximate surface area is 102 Å². The van der Waals surface area contributed by atoms with Crippen LogP contribution in [-0.2, 0) is 4.79 Å². The molecular formula is C10H19ClN2OS. The fourth-order valence-electron chi connectivity index (χ4n) is 2.16. The zero-order chi connectivity index (χ0) is 9.97. The molecule has 1 amide bonds. The number of rotatable bonds is 2. The van der Waals surface area contributed by atoms with Gasteiger partial charge < -0.3 is 10.2 Å². The molecule has 2 unspecified atom stereocenters. The predicted molar refractivity (Wildman–Crippen MR) is 66.7 cm³/mol. The first-order valence-corrected chi connectivity index (χ1v) is 6.49. The quantitative estimate of drug-likeness (QED) is 0.793. The van der Waals surface area contributed by atoms with Gasteiger partial charge in [0.2, 0.25) is 5.91 Å². The Morgan fingerprint density at radius 2 is 2.27 bits per heavy atom. The lowest BCUT2D eigenvalue weighted by Crippen LogP contribution is -2.41. The molecule has 0 bridgehead atoms. The normalized spacial score (nSPS) is 29.9. The van der Waals surface area contributed by atoms with E-state index in [-0.39, 0.29) is 18.3 Å². The first kappa shape index (κ1) is 13.1. The maximum atomic E-state index is 12.0. The summed E-state index contributed by atoms with van der Waals surface area (Å²) in [7, 11) is 1.97. The molecule has 0 saturated carbocycles. The van der Waals surface area contributed by atoms with Crippen molar-refractivity contribution in [1.29, 1.82) is 0 Å². The van der Waals surface area contributed by atoms with Crippen LogP contribution >= 0.6 is 24.2 Å². The van der Waals surface area contributed by atoms with E-state index in [9.17, 15) is 4.79 Å². The molecule has 2 atom stereocenters. The lowest BCUT2D eigenvalue weighted by Gasteiger charge is -2.26. The van der Waals surface area contributed by atoms with Crippen LogP contribution in [0, 0.1) is 5.92 Å². The van der Waals surface area contributed by atoms with Gasteiger partial charge in [0.15, 0.2) is 0 Å². The van der Waals surface area contributed by atoms with E-state index < -0.39 is 0 Å². The monoisotopic (exact) mass is 250 g/mol. The Kier molecular flexibility index (Phi) is 5.23. The molecule has 2 fully saturated rings. The average molecular weight is 251 g/mol. The molecule has 2 aliphatic rings. The number of hydrogen-bond donors (Lipinski definition) is 1. The summed E-state index contributed by atoms with van der Waals surface area (Å²) < 4.78 is 0. The maximum Gasteiger partial charge on any atom is 0.227 e. The number of amides is 1. The van der Waals surface area contributed by atoms with Gasteiger partial charge in [-0.1, -0.05) is 0 Å². The number of thioether (sulfide) groups is 1. The van der Waals surface area contributed by atoms with Crippen LogP contribution in [0.25, 0.3) is 0 Å². The van der Waals surface area contributed by atoms with Crippen molar-refractivity contribution >= 4 is 30.1 Å². The van der Waals surface area contributed by atoms with Crippen LogP contribution in [0.5, 0.6) is 0 Å². The number of nitrogens with zero attached hydrogens (tertiary/aromatic N) is 1. The Hall–Kier alpha value is 0.0700. The molecule has 0 radical (unpaired) electrons. The SMILES string of the molecule is CN(C(=O)C1CCNC1)C1CCSC1.Cl. The maximum absolute atomic E-state index is 12.0. The van der Waals surface area contributed by atoms with Gasteiger partial charge in [-0.3, -0.25) is 4.79 Å². The number of carbonyl (C=O) groups is 1. The van der Waals surface area contributed by atoms with E-state index in [0.717, 1.165) is 25.3 Å². The van der Waals surface area contributed by atoms with Gasteiger partial charge in [-0.2, -0.15) is 11.8 Å². The summed E-state index contributed by atoms with van der Waals surface area (Å²) in [6.07, 6.45) is 2.19. The van der Waals surface area contributed by atoms with Crippen LogP contribution in [0.15, 0.2) is 0 Å². The fraction of sp³-hybridized carbons (Fsp3) is 0.900. The Balaban J connectivity index is 0.00000112. The van der Waals surface area contributed by atoms with Crippen LogP contribution in [0.4, 0.5) is 0 Å². The molecule has 0 spiro atoms. The van der Waals surface area contributed by atoms with Crippen molar-refractivity contribution in [3.05, 3.63) is 0 Å². The molecule has 2 heterocycles. The second kappa shape index (κ2) is 5.97. The van der Waals surface area contributed by atoms with E-state index in [4.69, 9.17) is 0 Å². The minimum Gasteiger partial charge on any atom is -0.342 e. The zero-order valence-corrected chi connectivity index (χ0v) is 10.7. The molecule has 3 nitrogen and oxygen atoms in total. The molecule has 2 rings (SSSR count). The van der Waals surface area contributed by atoms with E-state index >= 15 is 0 Å². The molecule has 0 aromatic rings. The summed E-state index contributed by atoms with van der Waals surface area (Å²) >= 11 is 1.96. The van der Waals surface area contributed by atoms with Gasteiger partial charge in [-0.05, 0) is 25.1 Å². The van der Waals surface area contributed by atoms with Gasteiger partial charge >= 0.3 is 0 Å². The summed E-state index contributed by atoms with van der Waals surface area (Å²) in [4.78, 5) is 14.0. The third-order valence-corrected chi connectivity index (χ3v) is 4.36. The molecule has 0 aliphatic carbocycles. The van der Waals surface area contributed by atoms with E-state index in [1.54, 1.807) is 0 Å². The highest BCUT2D eigenvalue weighted by atomic mass is 35.5. The number of hydrogen-bond acceptors (Lipinski definition) is 3. The lowest BCUT2D eigenvalue weighted by molar-refractivity contribution is -0.135. The lowest BCUT2D eigenvalue weighted by atomic mass is 10.1. The molecular weight excluding hydrogens is 232 g/mol. The van der Waals surface area contributed by atoms with Crippen molar-refractivity contribution in [2.24, 2.45) is 5.92 Å². The standard InChI is InChI=1S/C10H18N2OS.ClH/c1-12(9-3-5-14-7-9)10(13)8-2-4-11-6-8;/h8-9,11H,2-7H2,1H3;1H. The van der Waals surface area contributed by atoms with Gasteiger partial charge in [0.25, 0.3) is 0 Å². The van der Waals surface area contributed by atoms with E-state index in [1.807, 2.05) is 23.7 Å². The van der Waals surface area contributed by atoms with Gasteiger partial charge in [0, 0.05) is 25.4 Å². The first-order valence-electron chi connectivity index (χ1n) is 5.34. The topological polar surface area (TPSA) is 32.3 Å². The molecule has 0 aromatic carbocycles. The predicted octanol–water partition coefficient (Wildman–Crippen LogP) is 0.982. The molecule has 2 saturated heterocycles. The number of halogens is 1. The van der Waals surface area contributed by atoms with Crippen molar-refractivity contribution in [2.75, 3.05) is 31.6 Å². The second-order valence-corrected chi connectivity index (χ2v) is 5.31. The molecule has 0 aromatic heterocycles. The number of carbonyl (C=O) groups excluding carboxylic acids is 1. The highest BCUT2D eigenvalue weighted by Gasteiger charge is 2.30. The Morgan fingerprint density at radius 3 is 2.80 bits per heavy atom. The summed E-state index contributed by atoms with van der Waals surface area (Å²) in [5.41, 5.74) is 0. The second-order valence-electron chi connectivity index (χ2n) is 4.16. The molecule has 88 valence electrons. The van der Waals surface area contributed by atoms with Gasteiger partial charge in [-0.25, -0.2) is 0 Å². The third-order valence-electron chi connectivity index (χ3n) is 3.21. The van der Waals surface area contributed by atoms with Crippen molar-refractivity contribution < 1.29 is 4.79 Å². The van der Waals surface area contributed by atoms with Crippen molar-refractivity contribution in [2.45, 2.75) is 18.9 Å². The summed E-state index contributed by atoms with van der Waals surface area (Å²) in [6.45, 7) is 1.88. The number of nitrogens with one attached hydrogen (secondary N) is 1. The largest absolute Gasteiger partial charge is 0.342 e. The van der Waals surface area contributed by atoms with Gasteiger partial charge in [0.1, 0.15) is 0 Å². The van der Waals surface area contributed by atoms with Crippen LogP contribution in [-0.4, -0.2) is 48.5 Å². The zero-order valence-electron chi connectivity index (χ0n) is 9.07. The Bertz CT molecular complexity index is 215. The van der Waals surface area contributed by atoms with Gasteiger partial charge in [0.05, 0.1) is 5.92 Å². The van der Waals surface area contributed by atoms with Crippen molar-refractivity contribution in [1.82, 2.24) is 10.2 Å². The van der Waals surface area contributed by atoms with E-state index in [1.165, 1.54) is 12.2 Å². The summed E-state index contributed by atoms with van der Waals surface area (Å²) in [6, 6.07) is 0.494. The minimum absolute atomic E-state index is 0. The molecule has 2 aliphatic heterocycles. The third kappa shape index (κ3) is 3.02. The molecule has 1 N–H and O–H groups in total. The summed E-state index contributed by atoms with van der Waals surface area (Å²) in [5.74, 6) is 2.93. The van der Waals surface area contributed by atoms with Crippen LogP contribution in [0.1, 0.15) is 12.8 Å². The average Bonchev–Trinajstić information content (AvgIpc) is 2.87. The van der Waals surface area contributed by atoms with Crippen molar-refractivity contribution in [3.63, 3.8) is 0 Å². The van der Waals surface area contributed by atoms with Crippen molar-refractivity contribution in [3.8, 4) is 0 Å².